The summed E-state index contributed by atoms with van der Waals surface area (Å²) in [5.41, 5.74) is 8.15. The molecule has 0 saturated carbocycles. The number of nitrogens with zero attached hydrogens (tertiary/aromatic N) is 1. The van der Waals surface area contributed by atoms with E-state index in [4.69, 9.17) is 29.6 Å². The van der Waals surface area contributed by atoms with E-state index >= 15 is 0 Å². The van der Waals surface area contributed by atoms with Gasteiger partial charge in [-0.2, -0.15) is 0 Å². The highest BCUT2D eigenvalue weighted by Crippen LogP contribution is 2.21. The molecule has 0 aliphatic rings. The molecule has 0 radical (unpaired) electrons. The Hall–Kier alpha value is -1.65. The summed E-state index contributed by atoms with van der Waals surface area (Å²) in [6, 6.07) is 11.6. The van der Waals surface area contributed by atoms with Crippen molar-refractivity contribution in [2.24, 2.45) is 5.73 Å². The second-order valence-electron chi connectivity index (χ2n) is 4.22. The second-order valence-corrected chi connectivity index (χ2v) is 5.09. The molecule has 5 heteroatoms. The number of nitrogens with one attached hydrogen (secondary N) is 1. The van der Waals surface area contributed by atoms with Crippen molar-refractivity contribution in [3.05, 3.63) is 58.9 Å². The Balaban J connectivity index is 2.10. The van der Waals surface area contributed by atoms with Crippen molar-refractivity contribution in [3.8, 4) is 0 Å². The maximum Gasteiger partial charge on any atom is 0.122 e. The molecule has 0 saturated heterocycles. The summed E-state index contributed by atoms with van der Waals surface area (Å²) >= 11 is 10.8. The lowest BCUT2D eigenvalue weighted by molar-refractivity contribution is 0.883. The molecule has 0 amide bonds. The molecule has 2 aromatic rings. The van der Waals surface area contributed by atoms with Gasteiger partial charge in [-0.15, -0.1) is 0 Å². The minimum atomic E-state index is 0.135. The topological polar surface area (TPSA) is 50.9 Å². The van der Waals surface area contributed by atoms with Crippen molar-refractivity contribution in [3.63, 3.8) is 0 Å². The second kappa shape index (κ2) is 5.99. The normalized spacial score (nSPS) is 11.9. The predicted octanol–water partition coefficient (Wildman–Crippen LogP) is 3.54. The van der Waals surface area contributed by atoms with Crippen molar-refractivity contribution in [2.45, 2.75) is 13.0 Å². The number of thiocarbonyl (C=S) groups is 1. The molecule has 3 nitrogen and oxygen atoms in total. The van der Waals surface area contributed by atoms with Crippen LogP contribution in [-0.4, -0.2) is 9.97 Å². The smallest absolute Gasteiger partial charge is 0.122 e. The molecule has 1 heterocycles. The maximum absolute atomic E-state index is 5.98. The number of hydrogen-bond donors (Lipinski definition) is 2. The number of halogens is 1. The molecule has 1 atom stereocenters. The lowest BCUT2D eigenvalue weighted by Gasteiger charge is -2.15. The third-order valence-electron chi connectivity index (χ3n) is 2.75. The van der Waals surface area contributed by atoms with E-state index in [1.165, 1.54) is 0 Å². The highest BCUT2D eigenvalue weighted by Gasteiger charge is 2.06. The van der Waals surface area contributed by atoms with E-state index in [0.717, 1.165) is 16.3 Å². The largest absolute Gasteiger partial charge is 0.388 e. The summed E-state index contributed by atoms with van der Waals surface area (Å²) in [6.45, 7) is 2.06. The summed E-state index contributed by atoms with van der Waals surface area (Å²) in [7, 11) is 0. The van der Waals surface area contributed by atoms with Crippen LogP contribution in [-0.2, 0) is 0 Å². The first-order valence-corrected chi connectivity index (χ1v) is 6.63. The van der Waals surface area contributed by atoms with Crippen LogP contribution in [0.1, 0.15) is 24.2 Å². The zero-order chi connectivity index (χ0) is 13.8. The van der Waals surface area contributed by atoms with Crippen LogP contribution < -0.4 is 11.1 Å². The Morgan fingerprint density at radius 1 is 1.37 bits per heavy atom. The van der Waals surface area contributed by atoms with Gasteiger partial charge in [-0.3, -0.25) is 4.98 Å². The van der Waals surface area contributed by atoms with Crippen molar-refractivity contribution in [1.82, 2.24) is 4.98 Å². The van der Waals surface area contributed by atoms with E-state index in [1.807, 2.05) is 30.3 Å². The molecule has 2 rings (SSSR count). The lowest BCUT2D eigenvalue weighted by atomic mass is 10.1. The third kappa shape index (κ3) is 3.66. The monoisotopic (exact) mass is 291 g/mol. The van der Waals surface area contributed by atoms with Crippen LogP contribution in [0.3, 0.4) is 0 Å². The van der Waals surface area contributed by atoms with Crippen LogP contribution in [0.25, 0.3) is 0 Å². The zero-order valence-electron chi connectivity index (χ0n) is 10.4. The molecule has 3 N–H and O–H groups in total. The molecular weight excluding hydrogens is 278 g/mol. The fourth-order valence-corrected chi connectivity index (χ4v) is 2.05. The Kier molecular flexibility index (Phi) is 4.35. The molecule has 0 aliphatic heterocycles. The first-order valence-electron chi connectivity index (χ1n) is 5.84. The number of hydrogen-bond acceptors (Lipinski definition) is 3. The quantitative estimate of drug-likeness (QED) is 0.846. The van der Waals surface area contributed by atoms with E-state index in [-0.39, 0.29) is 6.04 Å². The first kappa shape index (κ1) is 13.8. The summed E-state index contributed by atoms with van der Waals surface area (Å²) in [5, 5.41) is 4.08. The molecule has 0 spiro atoms. The van der Waals surface area contributed by atoms with Crippen molar-refractivity contribution in [2.75, 3.05) is 5.32 Å². The Morgan fingerprint density at radius 2 is 2.16 bits per heavy atom. The molecular formula is C14H14ClN3S. The lowest BCUT2D eigenvalue weighted by Crippen LogP contribution is -2.12. The number of aromatic nitrogens is 1. The summed E-state index contributed by atoms with van der Waals surface area (Å²) < 4.78 is 0. The molecule has 0 fully saturated rings. The van der Waals surface area contributed by atoms with E-state index in [1.54, 1.807) is 12.3 Å². The van der Waals surface area contributed by atoms with Gasteiger partial charge in [0, 0.05) is 11.1 Å². The molecule has 1 unspecified atom stereocenters. The van der Waals surface area contributed by atoms with Crippen LogP contribution in [0.2, 0.25) is 5.02 Å². The molecule has 0 bridgehead atoms. The number of anilines is 1. The highest BCUT2D eigenvalue weighted by atomic mass is 35.5. The average Bonchev–Trinajstić information content (AvgIpc) is 2.39. The Bertz CT molecular complexity index is 583. The van der Waals surface area contributed by atoms with Crippen LogP contribution in [0, 0.1) is 0 Å². The average molecular weight is 292 g/mol. The number of rotatable bonds is 4. The van der Waals surface area contributed by atoms with Gasteiger partial charge in [0.05, 0.1) is 17.6 Å². The fraction of sp³-hybridized carbons (Fsp3) is 0.143. The first-order chi connectivity index (χ1) is 9.06. The molecule has 98 valence electrons. The van der Waals surface area contributed by atoms with Gasteiger partial charge in [0.25, 0.3) is 0 Å². The van der Waals surface area contributed by atoms with Crippen LogP contribution >= 0.6 is 23.8 Å². The molecule has 19 heavy (non-hydrogen) atoms. The van der Waals surface area contributed by atoms with Crippen molar-refractivity contribution in [1.29, 1.82) is 0 Å². The predicted molar refractivity (Wildman–Crippen MR) is 83.6 cm³/mol. The van der Waals surface area contributed by atoms with Gasteiger partial charge in [-0.05, 0) is 36.8 Å². The van der Waals surface area contributed by atoms with Crippen molar-refractivity contribution >= 4 is 34.5 Å². The Labute approximate surface area is 122 Å². The third-order valence-corrected chi connectivity index (χ3v) is 3.19. The highest BCUT2D eigenvalue weighted by molar-refractivity contribution is 7.80. The zero-order valence-corrected chi connectivity index (χ0v) is 12.0. The summed E-state index contributed by atoms with van der Waals surface area (Å²) in [5.74, 6) is 0. The molecule has 1 aromatic carbocycles. The van der Waals surface area contributed by atoms with Crippen LogP contribution in [0.15, 0.2) is 42.6 Å². The summed E-state index contributed by atoms with van der Waals surface area (Å²) in [6.07, 6.45) is 1.72. The molecule has 0 aliphatic carbocycles. The standard InChI is InChI=1S/C14H14ClN3S/c1-9(10-3-2-4-11(15)7-10)18-12-5-6-13(14(16)19)17-8-12/h2-9,18H,1H3,(H2,16,19). The van der Waals surface area contributed by atoms with Crippen LogP contribution in [0.4, 0.5) is 5.69 Å². The van der Waals surface area contributed by atoms with E-state index in [0.29, 0.717) is 10.7 Å². The van der Waals surface area contributed by atoms with E-state index < -0.39 is 0 Å². The van der Waals surface area contributed by atoms with Gasteiger partial charge in [0.1, 0.15) is 4.99 Å². The SMILES string of the molecule is CC(Nc1ccc(C(N)=S)nc1)c1cccc(Cl)c1. The number of nitrogens with two attached hydrogens (primary N) is 1. The number of pyridine rings is 1. The van der Waals surface area contributed by atoms with Crippen LogP contribution in [0.5, 0.6) is 0 Å². The van der Waals surface area contributed by atoms with Gasteiger partial charge < -0.3 is 11.1 Å². The van der Waals surface area contributed by atoms with Gasteiger partial charge in [0.2, 0.25) is 0 Å². The van der Waals surface area contributed by atoms with E-state index in [2.05, 4.69) is 17.2 Å². The summed E-state index contributed by atoms with van der Waals surface area (Å²) in [4.78, 5) is 4.49. The minimum absolute atomic E-state index is 0.135. The van der Waals surface area contributed by atoms with Gasteiger partial charge >= 0.3 is 0 Å². The van der Waals surface area contributed by atoms with Crippen molar-refractivity contribution < 1.29 is 0 Å². The molecule has 1 aromatic heterocycles. The fourth-order valence-electron chi connectivity index (χ4n) is 1.73. The number of benzene rings is 1. The maximum atomic E-state index is 5.98. The van der Waals surface area contributed by atoms with E-state index in [9.17, 15) is 0 Å². The Morgan fingerprint density at radius 3 is 2.74 bits per heavy atom. The minimum Gasteiger partial charge on any atom is -0.388 e. The van der Waals surface area contributed by atoms with Gasteiger partial charge in [-0.25, -0.2) is 0 Å². The van der Waals surface area contributed by atoms with Gasteiger partial charge in [0.15, 0.2) is 0 Å². The van der Waals surface area contributed by atoms with Gasteiger partial charge in [-0.1, -0.05) is 36.0 Å².